The van der Waals surface area contributed by atoms with Crippen molar-refractivity contribution in [2.24, 2.45) is 17.3 Å². The number of aliphatic hydroxyl groups is 1. The van der Waals surface area contributed by atoms with Gasteiger partial charge in [-0.1, -0.05) is 13.0 Å². The predicted octanol–water partition coefficient (Wildman–Crippen LogP) is 3.25. The van der Waals surface area contributed by atoms with E-state index in [9.17, 15) is 10.2 Å². The van der Waals surface area contributed by atoms with E-state index in [0.717, 1.165) is 25.2 Å². The predicted molar refractivity (Wildman–Crippen MR) is 90.1 cm³/mol. The van der Waals surface area contributed by atoms with Gasteiger partial charge in [-0.2, -0.15) is 0 Å². The zero-order chi connectivity index (χ0) is 16.6. The molecule has 2 fully saturated rings. The summed E-state index contributed by atoms with van der Waals surface area (Å²) >= 11 is 2.11. The van der Waals surface area contributed by atoms with E-state index in [1.165, 1.54) is 30.4 Å². The van der Waals surface area contributed by atoms with Gasteiger partial charge in [0, 0.05) is 0 Å². The summed E-state index contributed by atoms with van der Waals surface area (Å²) in [5, 5.41) is 27.3. The molecule has 1 aromatic rings. The van der Waals surface area contributed by atoms with Crippen LogP contribution in [0.5, 0.6) is 5.75 Å². The molecule has 0 saturated heterocycles. The summed E-state index contributed by atoms with van der Waals surface area (Å²) in [6.07, 6.45) is 6.78. The molecule has 0 bridgehead atoms. The number of hydrogen-bond acceptors (Lipinski definition) is 3. The number of aromatic hydroxyl groups is 1. The standard InChI is InChI=1S/C18H24O2.CNSe/c1-18-9-8-14-13-5-3-12(19)10-11(13)2-4-15(14)16(18)6-7-17(18)20;2-1-3/h3,5,10,14-17,19-20H,2,4,6-9H2,1H3;/t14-,15-,16+,17+,18+;/m1./s1. The second-order valence-corrected chi connectivity index (χ2v) is 7.91. The van der Waals surface area contributed by atoms with Crippen LogP contribution in [0.25, 0.3) is 0 Å². The Morgan fingerprint density at radius 2 is 2.00 bits per heavy atom. The molecule has 1 radical (unpaired) electrons. The third kappa shape index (κ3) is 2.80. The van der Waals surface area contributed by atoms with Crippen molar-refractivity contribution < 1.29 is 10.2 Å². The average molecular weight is 377 g/mol. The molecule has 123 valence electrons. The molecule has 0 unspecified atom stereocenters. The van der Waals surface area contributed by atoms with Crippen molar-refractivity contribution in [2.75, 3.05) is 0 Å². The van der Waals surface area contributed by atoms with Gasteiger partial charge in [0.05, 0.1) is 6.10 Å². The zero-order valence-electron chi connectivity index (χ0n) is 13.5. The molecule has 3 aliphatic carbocycles. The van der Waals surface area contributed by atoms with Crippen molar-refractivity contribution in [3.8, 4) is 10.7 Å². The van der Waals surface area contributed by atoms with Crippen LogP contribution < -0.4 is 0 Å². The Morgan fingerprint density at radius 3 is 2.74 bits per heavy atom. The number of aryl methyl sites for hydroxylation is 1. The Labute approximate surface area is 146 Å². The number of phenolic OH excluding ortho intramolecular Hbond substituents is 1. The normalized spacial score (nSPS) is 37.4. The first-order valence-corrected chi connectivity index (χ1v) is 9.38. The van der Waals surface area contributed by atoms with Crippen LogP contribution in [0.3, 0.4) is 0 Å². The summed E-state index contributed by atoms with van der Waals surface area (Å²) in [6.45, 7) is 2.32. The number of fused-ring (bicyclic) bond motifs is 5. The number of aliphatic hydroxyl groups excluding tert-OH is 1. The fraction of sp³-hybridized carbons (Fsp3) is 0.632. The Hall–Kier alpha value is -1.01. The molecular weight excluding hydrogens is 353 g/mol. The first kappa shape index (κ1) is 16.8. The fourth-order valence-electron chi connectivity index (χ4n) is 5.54. The van der Waals surface area contributed by atoms with Crippen LogP contribution in [-0.4, -0.2) is 32.3 Å². The molecule has 0 aromatic heterocycles. The van der Waals surface area contributed by atoms with Crippen LogP contribution in [-0.2, 0) is 6.42 Å². The molecule has 3 aliphatic rings. The van der Waals surface area contributed by atoms with Crippen LogP contribution in [0.2, 0.25) is 0 Å². The first-order chi connectivity index (χ1) is 11.0. The van der Waals surface area contributed by atoms with Crippen LogP contribution in [0.4, 0.5) is 0 Å². The van der Waals surface area contributed by atoms with Gasteiger partial charge in [0.2, 0.25) is 0 Å². The molecule has 4 heteroatoms. The van der Waals surface area contributed by atoms with Gasteiger partial charge in [-0.3, -0.25) is 0 Å². The van der Waals surface area contributed by atoms with Crippen LogP contribution in [0.1, 0.15) is 56.1 Å². The molecule has 3 nitrogen and oxygen atoms in total. The molecule has 1 aromatic carbocycles. The van der Waals surface area contributed by atoms with Gasteiger partial charge in [0.25, 0.3) is 0 Å². The summed E-state index contributed by atoms with van der Waals surface area (Å²) in [5.74, 6) is 2.49. The first-order valence-electron chi connectivity index (χ1n) is 8.52. The van der Waals surface area contributed by atoms with Gasteiger partial charge in [0.15, 0.2) is 0 Å². The summed E-state index contributed by atoms with van der Waals surface area (Å²) in [4.78, 5) is 1.62. The minimum atomic E-state index is -0.0883. The van der Waals surface area contributed by atoms with Crippen molar-refractivity contribution in [2.45, 2.75) is 57.5 Å². The summed E-state index contributed by atoms with van der Waals surface area (Å²) in [7, 11) is 0. The minimum absolute atomic E-state index is 0.0883. The Balaban J connectivity index is 0.000000485. The fourth-order valence-corrected chi connectivity index (χ4v) is 5.54. The molecule has 2 N–H and O–H groups in total. The summed E-state index contributed by atoms with van der Waals surface area (Å²) < 4.78 is 0. The van der Waals surface area contributed by atoms with Gasteiger partial charge >= 0.3 is 26.2 Å². The van der Waals surface area contributed by atoms with Crippen molar-refractivity contribution in [1.29, 1.82) is 5.26 Å². The quantitative estimate of drug-likeness (QED) is 0.683. The number of benzene rings is 1. The third-order valence-corrected chi connectivity index (χ3v) is 6.66. The second-order valence-electron chi connectivity index (χ2n) is 7.53. The zero-order valence-corrected chi connectivity index (χ0v) is 15.2. The van der Waals surface area contributed by atoms with Crippen LogP contribution in [0, 0.1) is 27.5 Å². The van der Waals surface area contributed by atoms with E-state index in [4.69, 9.17) is 5.26 Å². The monoisotopic (exact) mass is 378 g/mol. The average Bonchev–Trinajstić information content (AvgIpc) is 2.83. The maximum atomic E-state index is 10.4. The summed E-state index contributed by atoms with van der Waals surface area (Å²) in [6, 6.07) is 5.96. The van der Waals surface area contributed by atoms with E-state index in [0.29, 0.717) is 17.6 Å². The van der Waals surface area contributed by atoms with E-state index in [1.807, 2.05) is 12.1 Å². The molecule has 0 spiro atoms. The topological polar surface area (TPSA) is 64.2 Å². The number of hydrogen-bond donors (Lipinski definition) is 2. The van der Waals surface area contributed by atoms with Crippen molar-refractivity contribution in [3.05, 3.63) is 29.3 Å². The SMILES string of the molecule is C[C@]12CC[C@@H]3c4ccc(O)cc4CC[C@H]3[C@@H]1CC[C@@H]2O.N#C[Se]. The molecule has 0 aliphatic heterocycles. The number of nitrogens with zero attached hydrogens (tertiary/aromatic N) is 1. The van der Waals surface area contributed by atoms with Gasteiger partial charge in [-0.25, -0.2) is 0 Å². The van der Waals surface area contributed by atoms with Crippen molar-refractivity contribution in [3.63, 3.8) is 0 Å². The van der Waals surface area contributed by atoms with Crippen molar-refractivity contribution >= 4 is 16.0 Å². The third-order valence-electron chi connectivity index (χ3n) is 6.66. The maximum absolute atomic E-state index is 10.4. The van der Waals surface area contributed by atoms with E-state index in [-0.39, 0.29) is 11.5 Å². The Bertz CT molecular complexity index is 626. The van der Waals surface area contributed by atoms with Gasteiger partial charge in [0.1, 0.15) is 5.75 Å². The number of phenols is 1. The molecule has 5 atom stereocenters. The second kappa shape index (κ2) is 6.48. The molecule has 2 saturated carbocycles. The number of nitriles is 1. The Morgan fingerprint density at radius 1 is 1.26 bits per heavy atom. The molecule has 0 heterocycles. The van der Waals surface area contributed by atoms with E-state index in [2.05, 4.69) is 29.0 Å². The van der Waals surface area contributed by atoms with Gasteiger partial charge in [-0.05, 0) is 85.0 Å². The molecule has 0 amide bonds. The molecule has 23 heavy (non-hydrogen) atoms. The van der Waals surface area contributed by atoms with E-state index < -0.39 is 0 Å². The van der Waals surface area contributed by atoms with Gasteiger partial charge in [-0.15, -0.1) is 0 Å². The van der Waals surface area contributed by atoms with E-state index >= 15 is 0 Å². The summed E-state index contributed by atoms with van der Waals surface area (Å²) in [5.41, 5.74) is 2.99. The Kier molecular flexibility index (Phi) is 4.74. The van der Waals surface area contributed by atoms with Crippen LogP contribution >= 0.6 is 0 Å². The van der Waals surface area contributed by atoms with Crippen molar-refractivity contribution in [1.82, 2.24) is 0 Å². The van der Waals surface area contributed by atoms with E-state index in [1.54, 1.807) is 4.97 Å². The number of rotatable bonds is 0. The molecular formula is C19H24NO2Se. The molecule has 4 rings (SSSR count). The van der Waals surface area contributed by atoms with Gasteiger partial charge < -0.3 is 10.2 Å². The van der Waals surface area contributed by atoms with Crippen LogP contribution in [0.15, 0.2) is 18.2 Å².